The van der Waals surface area contributed by atoms with E-state index in [1.165, 1.54) is 51.4 Å². The monoisotopic (exact) mass is 415 g/mol. The Bertz CT molecular complexity index is 686. The molecule has 1 spiro atoms. The lowest BCUT2D eigenvalue weighted by atomic mass is 9.44. The van der Waals surface area contributed by atoms with Gasteiger partial charge in [-0.2, -0.15) is 0 Å². The minimum Gasteiger partial charge on any atom is -0.393 e. The van der Waals surface area contributed by atoms with Gasteiger partial charge in [0.1, 0.15) is 5.72 Å². The number of aliphatic hydroxyl groups excluding tert-OH is 1. The molecule has 0 unspecified atom stereocenters. The summed E-state index contributed by atoms with van der Waals surface area (Å²) in [5, 5.41) is 14.2. The Hall–Kier alpha value is -0.120. The zero-order valence-corrected chi connectivity index (χ0v) is 19.8. The van der Waals surface area contributed by atoms with Crippen LogP contribution in [0.25, 0.3) is 0 Å². The number of rotatable bonds is 0. The van der Waals surface area contributed by atoms with E-state index in [-0.39, 0.29) is 11.8 Å². The first-order chi connectivity index (χ1) is 14.3. The minimum absolute atomic E-state index is 0.0319. The molecule has 0 amide bonds. The van der Waals surface area contributed by atoms with Gasteiger partial charge in [-0.15, -0.1) is 0 Å². The number of aliphatic hydroxyl groups is 1. The minimum atomic E-state index is -0.0320. The second-order valence-corrected chi connectivity index (χ2v) is 13.3. The van der Waals surface area contributed by atoms with E-state index in [1.807, 2.05) is 0 Å². The van der Waals surface area contributed by atoms with E-state index >= 15 is 0 Å². The van der Waals surface area contributed by atoms with Crippen LogP contribution >= 0.6 is 0 Å². The summed E-state index contributed by atoms with van der Waals surface area (Å²) in [7, 11) is 0. The van der Waals surface area contributed by atoms with E-state index in [0.29, 0.717) is 22.9 Å². The molecule has 6 rings (SSSR count). The first-order valence-corrected chi connectivity index (χ1v) is 13.4. The van der Waals surface area contributed by atoms with Crippen LogP contribution in [0.15, 0.2) is 0 Å². The van der Waals surface area contributed by atoms with Crippen molar-refractivity contribution in [2.45, 2.75) is 110 Å². The molecule has 2 heterocycles. The standard InChI is InChI=1S/C27H45NO2/c1-16-7-12-27(28-15-16)17(2)24-23(30-27)14-22-20-6-5-18-13-19(29)8-10-25(18,3)21(20)9-11-26(22,24)4/h16-24,28-29H,5-15H2,1-4H3/t16-,17+,18+,19-,20-,21-,22-,23-,24-,25+,26+,27-/m1/s1. The fourth-order valence-electron chi connectivity index (χ4n) is 10.4. The predicted octanol–water partition coefficient (Wildman–Crippen LogP) is 5.37. The molecular formula is C27H45NO2. The summed E-state index contributed by atoms with van der Waals surface area (Å²) in [5.41, 5.74) is 0.919. The third-order valence-corrected chi connectivity index (χ3v) is 12.1. The summed E-state index contributed by atoms with van der Waals surface area (Å²) in [6, 6.07) is 0. The highest BCUT2D eigenvalue weighted by Crippen LogP contribution is 2.71. The number of hydrogen-bond donors (Lipinski definition) is 2. The maximum Gasteiger partial charge on any atom is 0.122 e. The molecule has 30 heavy (non-hydrogen) atoms. The highest BCUT2D eigenvalue weighted by molar-refractivity contribution is 5.16. The summed E-state index contributed by atoms with van der Waals surface area (Å²) in [5.74, 6) is 5.57. The smallest absolute Gasteiger partial charge is 0.122 e. The van der Waals surface area contributed by atoms with Crippen molar-refractivity contribution in [3.05, 3.63) is 0 Å². The van der Waals surface area contributed by atoms with E-state index in [1.54, 1.807) is 0 Å². The number of piperidine rings is 1. The van der Waals surface area contributed by atoms with Crippen LogP contribution in [0.3, 0.4) is 0 Å². The van der Waals surface area contributed by atoms with E-state index in [0.717, 1.165) is 54.9 Å². The fourth-order valence-corrected chi connectivity index (χ4v) is 10.4. The Morgan fingerprint density at radius 3 is 2.43 bits per heavy atom. The normalized spacial score (nSPS) is 62.5. The van der Waals surface area contributed by atoms with Gasteiger partial charge in [-0.3, -0.25) is 5.32 Å². The molecule has 4 saturated carbocycles. The van der Waals surface area contributed by atoms with Gasteiger partial charge in [-0.05, 0) is 111 Å². The molecular weight excluding hydrogens is 370 g/mol. The summed E-state index contributed by atoms with van der Waals surface area (Å²) in [6.45, 7) is 11.3. The lowest BCUT2D eigenvalue weighted by molar-refractivity contribution is -0.140. The molecule has 6 aliphatic rings. The molecule has 3 heteroatoms. The number of nitrogens with one attached hydrogen (secondary N) is 1. The van der Waals surface area contributed by atoms with Crippen LogP contribution in [0.1, 0.15) is 91.9 Å². The molecule has 6 fully saturated rings. The second-order valence-electron chi connectivity index (χ2n) is 13.3. The highest BCUT2D eigenvalue weighted by Gasteiger charge is 2.68. The Morgan fingerprint density at radius 1 is 0.867 bits per heavy atom. The molecule has 2 saturated heterocycles. The van der Waals surface area contributed by atoms with Crippen LogP contribution < -0.4 is 5.32 Å². The van der Waals surface area contributed by atoms with Crippen molar-refractivity contribution in [1.29, 1.82) is 0 Å². The highest BCUT2D eigenvalue weighted by atomic mass is 16.5. The lowest BCUT2D eigenvalue weighted by Crippen LogP contribution is -2.57. The van der Waals surface area contributed by atoms with Gasteiger partial charge in [-0.25, -0.2) is 0 Å². The van der Waals surface area contributed by atoms with Gasteiger partial charge in [0.2, 0.25) is 0 Å². The van der Waals surface area contributed by atoms with Gasteiger partial charge in [0, 0.05) is 12.5 Å². The van der Waals surface area contributed by atoms with Crippen LogP contribution in [0.2, 0.25) is 0 Å². The molecule has 0 bridgehead atoms. The predicted molar refractivity (Wildman–Crippen MR) is 120 cm³/mol. The number of ether oxygens (including phenoxy) is 1. The molecule has 2 aliphatic heterocycles. The van der Waals surface area contributed by atoms with E-state index in [9.17, 15) is 5.11 Å². The van der Waals surface area contributed by atoms with Gasteiger partial charge in [0.15, 0.2) is 0 Å². The summed E-state index contributed by atoms with van der Waals surface area (Å²) < 4.78 is 7.01. The van der Waals surface area contributed by atoms with Crippen molar-refractivity contribution in [2.24, 2.45) is 52.3 Å². The third kappa shape index (κ3) is 2.61. The van der Waals surface area contributed by atoms with Gasteiger partial charge < -0.3 is 9.84 Å². The average molecular weight is 416 g/mol. The SMILES string of the molecule is C[C@@H]1CC[C@@]2(NC1)O[C@@H]1C[C@@H]3[C@@H]4CC[C@H]5C[C@H](O)CC[C@]5(C)[C@@H]4CC[C@]3(C)[C@@H]1[C@@H]2C. The topological polar surface area (TPSA) is 41.5 Å². The molecule has 0 aromatic carbocycles. The number of fused-ring (bicyclic) bond motifs is 7. The van der Waals surface area contributed by atoms with Crippen molar-refractivity contribution >= 4 is 0 Å². The average Bonchev–Trinajstić information content (AvgIpc) is 3.16. The van der Waals surface area contributed by atoms with Crippen molar-refractivity contribution in [3.63, 3.8) is 0 Å². The Balaban J connectivity index is 1.26. The quantitative estimate of drug-likeness (QED) is 0.559. The van der Waals surface area contributed by atoms with Gasteiger partial charge >= 0.3 is 0 Å². The van der Waals surface area contributed by atoms with Crippen LogP contribution in [0.5, 0.6) is 0 Å². The Labute approximate surface area is 184 Å². The van der Waals surface area contributed by atoms with E-state index in [2.05, 4.69) is 33.0 Å². The van der Waals surface area contributed by atoms with Crippen molar-refractivity contribution in [3.8, 4) is 0 Å². The zero-order chi connectivity index (χ0) is 20.9. The maximum atomic E-state index is 10.3. The van der Waals surface area contributed by atoms with Gasteiger partial charge in [0.25, 0.3) is 0 Å². The first kappa shape index (κ1) is 20.5. The van der Waals surface area contributed by atoms with Gasteiger partial charge in [0.05, 0.1) is 12.2 Å². The molecule has 3 nitrogen and oxygen atoms in total. The number of hydrogen-bond acceptors (Lipinski definition) is 3. The largest absolute Gasteiger partial charge is 0.393 e. The Kier molecular flexibility index (Phi) is 4.58. The van der Waals surface area contributed by atoms with Crippen LogP contribution in [-0.2, 0) is 4.74 Å². The molecule has 0 aromatic rings. The summed E-state index contributed by atoms with van der Waals surface area (Å²) in [6.07, 6.45) is 13.2. The molecule has 2 N–H and O–H groups in total. The third-order valence-electron chi connectivity index (χ3n) is 12.1. The molecule has 0 aromatic heterocycles. The van der Waals surface area contributed by atoms with E-state index < -0.39 is 0 Å². The van der Waals surface area contributed by atoms with Crippen molar-refractivity contribution < 1.29 is 9.84 Å². The molecule has 0 radical (unpaired) electrons. The lowest BCUT2D eigenvalue weighted by Gasteiger charge is -2.61. The van der Waals surface area contributed by atoms with Crippen LogP contribution in [0, 0.1) is 52.3 Å². The summed E-state index contributed by atoms with van der Waals surface area (Å²) >= 11 is 0. The molecule has 4 aliphatic carbocycles. The molecule has 12 atom stereocenters. The van der Waals surface area contributed by atoms with Crippen LogP contribution in [-0.4, -0.2) is 29.6 Å². The van der Waals surface area contributed by atoms with Crippen molar-refractivity contribution in [1.82, 2.24) is 5.32 Å². The van der Waals surface area contributed by atoms with Crippen molar-refractivity contribution in [2.75, 3.05) is 6.54 Å². The molecule has 170 valence electrons. The maximum absolute atomic E-state index is 10.3. The zero-order valence-electron chi connectivity index (χ0n) is 19.8. The Morgan fingerprint density at radius 2 is 1.67 bits per heavy atom. The second kappa shape index (κ2) is 6.70. The van der Waals surface area contributed by atoms with E-state index in [4.69, 9.17) is 4.74 Å². The van der Waals surface area contributed by atoms with Crippen LogP contribution in [0.4, 0.5) is 0 Å². The first-order valence-electron chi connectivity index (χ1n) is 13.4. The summed E-state index contributed by atoms with van der Waals surface area (Å²) in [4.78, 5) is 0. The fraction of sp³-hybridized carbons (Fsp3) is 1.00. The van der Waals surface area contributed by atoms with Gasteiger partial charge in [-0.1, -0.05) is 27.7 Å².